The van der Waals surface area contributed by atoms with Gasteiger partial charge >= 0.3 is 0 Å². The average Bonchev–Trinajstić information content (AvgIpc) is 2.87. The normalized spacial score (nSPS) is 11.2. The zero-order valence-corrected chi connectivity index (χ0v) is 10.7. The maximum Gasteiger partial charge on any atom is 0.257 e. The molecular formula is C13H16FN3O2. The predicted molar refractivity (Wildman–Crippen MR) is 67.7 cm³/mol. The maximum atomic E-state index is 12.8. The predicted octanol–water partition coefficient (Wildman–Crippen LogP) is 1.69. The summed E-state index contributed by atoms with van der Waals surface area (Å²) in [5, 5.41) is 12.8. The molecule has 0 amide bonds. The van der Waals surface area contributed by atoms with Gasteiger partial charge < -0.3 is 9.63 Å². The number of aromatic nitrogens is 2. The number of aliphatic hydroxyl groups is 1. The van der Waals surface area contributed by atoms with Crippen LogP contribution in [0.15, 0.2) is 28.8 Å². The molecule has 5 nitrogen and oxygen atoms in total. The highest BCUT2D eigenvalue weighted by molar-refractivity contribution is 5.52. The number of rotatable bonds is 6. The number of hydrogen-bond acceptors (Lipinski definition) is 5. The summed E-state index contributed by atoms with van der Waals surface area (Å²) in [5.41, 5.74) is 0.686. The van der Waals surface area contributed by atoms with Gasteiger partial charge in [0.15, 0.2) is 5.82 Å². The fraction of sp³-hybridized carbons (Fsp3) is 0.385. The Morgan fingerprint density at radius 2 is 2.05 bits per heavy atom. The summed E-state index contributed by atoms with van der Waals surface area (Å²) in [5.74, 6) is 0.619. The lowest BCUT2D eigenvalue weighted by molar-refractivity contribution is 0.192. The average molecular weight is 265 g/mol. The van der Waals surface area contributed by atoms with Crippen molar-refractivity contribution in [1.29, 1.82) is 0 Å². The van der Waals surface area contributed by atoms with Gasteiger partial charge in [0.2, 0.25) is 0 Å². The van der Waals surface area contributed by atoms with Crippen LogP contribution in [0.4, 0.5) is 4.39 Å². The second-order valence-electron chi connectivity index (χ2n) is 4.12. The van der Waals surface area contributed by atoms with Gasteiger partial charge in [-0.1, -0.05) is 12.1 Å². The Hall–Kier alpha value is -1.79. The summed E-state index contributed by atoms with van der Waals surface area (Å²) in [4.78, 5) is 6.26. The highest BCUT2D eigenvalue weighted by atomic mass is 19.1. The molecule has 0 saturated heterocycles. The van der Waals surface area contributed by atoms with E-state index in [4.69, 9.17) is 9.63 Å². The molecule has 6 heteroatoms. The van der Waals surface area contributed by atoms with Crippen LogP contribution in [0.1, 0.15) is 12.7 Å². The maximum absolute atomic E-state index is 12.8. The van der Waals surface area contributed by atoms with Crippen molar-refractivity contribution in [3.05, 3.63) is 35.9 Å². The molecule has 0 aliphatic heterocycles. The molecule has 0 atom stereocenters. The minimum Gasteiger partial charge on any atom is -0.395 e. The van der Waals surface area contributed by atoms with E-state index >= 15 is 0 Å². The second kappa shape index (κ2) is 6.40. The molecule has 1 aromatic carbocycles. The number of benzene rings is 1. The van der Waals surface area contributed by atoms with Crippen LogP contribution >= 0.6 is 0 Å². The van der Waals surface area contributed by atoms with Crippen molar-refractivity contribution in [2.45, 2.75) is 13.5 Å². The zero-order valence-electron chi connectivity index (χ0n) is 10.7. The van der Waals surface area contributed by atoms with Crippen molar-refractivity contribution in [3.63, 3.8) is 0 Å². The van der Waals surface area contributed by atoms with Crippen LogP contribution in [-0.4, -0.2) is 39.8 Å². The van der Waals surface area contributed by atoms with E-state index in [1.807, 2.05) is 11.8 Å². The number of halogens is 1. The highest BCUT2D eigenvalue weighted by Crippen LogP contribution is 2.17. The Balaban J connectivity index is 2.08. The lowest BCUT2D eigenvalue weighted by Crippen LogP contribution is -2.26. The number of nitrogens with zero attached hydrogens (tertiary/aromatic N) is 3. The molecule has 0 fully saturated rings. The summed E-state index contributed by atoms with van der Waals surface area (Å²) < 4.78 is 18.0. The zero-order chi connectivity index (χ0) is 13.7. The molecule has 0 radical (unpaired) electrons. The Morgan fingerprint density at radius 1 is 1.32 bits per heavy atom. The molecule has 1 N–H and O–H groups in total. The van der Waals surface area contributed by atoms with Gasteiger partial charge in [0.05, 0.1) is 13.2 Å². The number of likely N-dealkylation sites (N-methyl/N-ethyl adjacent to an activating group) is 1. The quantitative estimate of drug-likeness (QED) is 0.861. The van der Waals surface area contributed by atoms with Crippen LogP contribution in [-0.2, 0) is 6.54 Å². The monoisotopic (exact) mass is 265 g/mol. The van der Waals surface area contributed by atoms with Gasteiger partial charge in [-0.15, -0.1) is 0 Å². The van der Waals surface area contributed by atoms with Crippen molar-refractivity contribution in [2.24, 2.45) is 0 Å². The van der Waals surface area contributed by atoms with Crippen LogP contribution in [0.25, 0.3) is 11.5 Å². The fourth-order valence-electron chi connectivity index (χ4n) is 1.72. The first-order chi connectivity index (χ1) is 9.22. The number of aliphatic hydroxyl groups excluding tert-OH is 1. The minimum absolute atomic E-state index is 0.0938. The van der Waals surface area contributed by atoms with E-state index in [2.05, 4.69) is 10.1 Å². The largest absolute Gasteiger partial charge is 0.395 e. The lowest BCUT2D eigenvalue weighted by Gasteiger charge is -2.16. The molecular weight excluding hydrogens is 249 g/mol. The first-order valence-electron chi connectivity index (χ1n) is 6.14. The molecule has 0 bridgehead atoms. The molecule has 0 unspecified atom stereocenters. The summed E-state index contributed by atoms with van der Waals surface area (Å²) in [6.45, 7) is 3.97. The van der Waals surface area contributed by atoms with Crippen molar-refractivity contribution in [2.75, 3.05) is 19.7 Å². The van der Waals surface area contributed by atoms with Gasteiger partial charge in [-0.05, 0) is 30.8 Å². The van der Waals surface area contributed by atoms with E-state index in [1.165, 1.54) is 12.1 Å². The van der Waals surface area contributed by atoms with Crippen LogP contribution < -0.4 is 0 Å². The highest BCUT2D eigenvalue weighted by Gasteiger charge is 2.11. The molecule has 1 aromatic heterocycles. The van der Waals surface area contributed by atoms with Gasteiger partial charge in [0.1, 0.15) is 5.82 Å². The molecule has 2 rings (SSSR count). The minimum atomic E-state index is -0.302. The van der Waals surface area contributed by atoms with Crippen molar-refractivity contribution < 1.29 is 14.0 Å². The summed E-state index contributed by atoms with van der Waals surface area (Å²) >= 11 is 0. The summed E-state index contributed by atoms with van der Waals surface area (Å²) in [7, 11) is 0. The topological polar surface area (TPSA) is 62.4 Å². The Labute approximate surface area is 110 Å². The van der Waals surface area contributed by atoms with Crippen LogP contribution in [0, 0.1) is 5.82 Å². The van der Waals surface area contributed by atoms with Crippen molar-refractivity contribution >= 4 is 0 Å². The first-order valence-corrected chi connectivity index (χ1v) is 6.14. The Bertz CT molecular complexity index is 513. The smallest absolute Gasteiger partial charge is 0.257 e. The summed E-state index contributed by atoms with van der Waals surface area (Å²) in [6, 6.07) is 5.89. The van der Waals surface area contributed by atoms with Gasteiger partial charge in [0.25, 0.3) is 5.89 Å². The molecule has 0 aliphatic carbocycles. The van der Waals surface area contributed by atoms with E-state index in [9.17, 15) is 4.39 Å². The van der Waals surface area contributed by atoms with Crippen LogP contribution in [0.3, 0.4) is 0 Å². The Kier molecular flexibility index (Phi) is 4.59. The molecule has 19 heavy (non-hydrogen) atoms. The van der Waals surface area contributed by atoms with E-state index < -0.39 is 0 Å². The van der Waals surface area contributed by atoms with E-state index in [-0.39, 0.29) is 12.4 Å². The van der Waals surface area contributed by atoms with Crippen LogP contribution in [0.5, 0.6) is 0 Å². The van der Waals surface area contributed by atoms with E-state index in [0.29, 0.717) is 30.4 Å². The third-order valence-electron chi connectivity index (χ3n) is 2.79. The molecule has 0 saturated carbocycles. The van der Waals surface area contributed by atoms with Gasteiger partial charge in [-0.3, -0.25) is 4.90 Å². The molecule has 0 spiro atoms. The fourth-order valence-corrected chi connectivity index (χ4v) is 1.72. The summed E-state index contributed by atoms with van der Waals surface area (Å²) in [6.07, 6.45) is 0. The third-order valence-corrected chi connectivity index (χ3v) is 2.79. The van der Waals surface area contributed by atoms with Gasteiger partial charge in [-0.2, -0.15) is 4.98 Å². The van der Waals surface area contributed by atoms with Gasteiger partial charge in [0, 0.05) is 12.1 Å². The van der Waals surface area contributed by atoms with E-state index in [0.717, 1.165) is 6.54 Å². The number of hydrogen-bond donors (Lipinski definition) is 1. The molecule has 102 valence electrons. The SMILES string of the molecule is CCN(CCO)Cc1noc(-c2ccc(F)cc2)n1. The molecule has 2 aromatic rings. The standard InChI is InChI=1S/C13H16FN3O2/c1-2-17(7-8-18)9-12-15-13(19-16-12)10-3-5-11(14)6-4-10/h3-6,18H,2,7-9H2,1H3. The molecule has 0 aliphatic rings. The third kappa shape index (κ3) is 3.59. The van der Waals surface area contributed by atoms with Crippen molar-refractivity contribution in [3.8, 4) is 11.5 Å². The lowest BCUT2D eigenvalue weighted by atomic mass is 10.2. The molecule has 1 heterocycles. The van der Waals surface area contributed by atoms with Crippen molar-refractivity contribution in [1.82, 2.24) is 15.0 Å². The Morgan fingerprint density at radius 3 is 2.68 bits per heavy atom. The van der Waals surface area contributed by atoms with E-state index in [1.54, 1.807) is 12.1 Å². The van der Waals surface area contributed by atoms with Crippen LogP contribution in [0.2, 0.25) is 0 Å². The first kappa shape index (κ1) is 13.6. The van der Waals surface area contributed by atoms with Gasteiger partial charge in [-0.25, -0.2) is 4.39 Å². The second-order valence-corrected chi connectivity index (χ2v) is 4.12.